The Morgan fingerprint density at radius 1 is 1.28 bits per heavy atom. The molecule has 0 aromatic heterocycles. The lowest BCUT2D eigenvalue weighted by atomic mass is 9.87. The van der Waals surface area contributed by atoms with Gasteiger partial charge in [0, 0.05) is 37.7 Å². The Kier molecular flexibility index (Phi) is 7.19. The minimum atomic E-state index is -3.37. The summed E-state index contributed by atoms with van der Waals surface area (Å²) in [5.41, 5.74) is 2.00. The average Bonchev–Trinajstić information content (AvgIpc) is 3.28. The van der Waals surface area contributed by atoms with Gasteiger partial charge >= 0.3 is 0 Å². The zero-order chi connectivity index (χ0) is 20.9. The van der Waals surface area contributed by atoms with Gasteiger partial charge in [0.05, 0.1) is 18.9 Å². The molecule has 1 atom stereocenters. The molecule has 2 fully saturated rings. The molecule has 3 rings (SSSR count). The van der Waals surface area contributed by atoms with Crippen LogP contribution in [0.2, 0.25) is 0 Å². The van der Waals surface area contributed by atoms with Gasteiger partial charge in [-0.05, 0) is 44.7 Å². The highest BCUT2D eigenvalue weighted by molar-refractivity contribution is 7.88. The van der Waals surface area contributed by atoms with Crippen LogP contribution in [0.1, 0.15) is 44.7 Å². The molecule has 0 radical (unpaired) electrons. The Morgan fingerprint density at radius 2 is 2.03 bits per heavy atom. The van der Waals surface area contributed by atoms with E-state index in [0.717, 1.165) is 62.8 Å². The molecule has 0 saturated carbocycles. The lowest BCUT2D eigenvalue weighted by molar-refractivity contribution is 0.156. The highest BCUT2D eigenvalue weighted by atomic mass is 32.2. The number of sulfonamides is 1. The normalized spacial score (nSPS) is 22.8. The van der Waals surface area contributed by atoms with Crippen LogP contribution in [0.5, 0.6) is 0 Å². The molecule has 0 bridgehead atoms. The first-order valence-corrected chi connectivity index (χ1v) is 12.2. The van der Waals surface area contributed by atoms with E-state index < -0.39 is 10.0 Å². The van der Waals surface area contributed by atoms with E-state index in [4.69, 9.17) is 9.73 Å². The summed E-state index contributed by atoms with van der Waals surface area (Å²) in [6.07, 6.45) is 2.25. The number of hydrogen-bond acceptors (Lipinski definition) is 4. The highest BCUT2D eigenvalue weighted by Crippen LogP contribution is 2.38. The molecule has 1 spiro atoms. The van der Waals surface area contributed by atoms with Crippen molar-refractivity contribution in [1.29, 1.82) is 0 Å². The first kappa shape index (κ1) is 22.1. The van der Waals surface area contributed by atoms with E-state index in [9.17, 15) is 8.42 Å². The lowest BCUT2D eigenvalue weighted by Crippen LogP contribution is -2.41. The topological polar surface area (TPSA) is 83.0 Å². The van der Waals surface area contributed by atoms with Crippen molar-refractivity contribution in [2.45, 2.75) is 52.0 Å². The van der Waals surface area contributed by atoms with Crippen molar-refractivity contribution in [3.63, 3.8) is 0 Å². The zero-order valence-electron chi connectivity index (χ0n) is 17.8. The molecule has 1 aromatic rings. The third kappa shape index (κ3) is 5.93. The molecule has 0 amide bonds. The molecule has 0 aliphatic carbocycles. The summed E-state index contributed by atoms with van der Waals surface area (Å²) in [6.45, 7) is 10.6. The summed E-state index contributed by atoms with van der Waals surface area (Å²) in [5, 5.41) is 3.40. The van der Waals surface area contributed by atoms with Crippen molar-refractivity contribution in [3.05, 3.63) is 35.4 Å². The largest absolute Gasteiger partial charge is 0.381 e. The molecule has 2 heterocycles. The maximum absolute atomic E-state index is 12.4. The van der Waals surface area contributed by atoms with Gasteiger partial charge in [-0.25, -0.2) is 18.1 Å². The van der Waals surface area contributed by atoms with Gasteiger partial charge in [-0.3, -0.25) is 0 Å². The lowest BCUT2D eigenvalue weighted by Gasteiger charge is -2.25. The van der Waals surface area contributed by atoms with E-state index in [1.807, 2.05) is 38.1 Å². The molecule has 1 unspecified atom stereocenters. The maximum Gasteiger partial charge on any atom is 0.216 e. The van der Waals surface area contributed by atoms with Crippen LogP contribution in [0.25, 0.3) is 0 Å². The SMILES string of the molecule is CCNC(=NCc1ccccc1CS(=O)(=O)NC(C)C)N1CCC2(CCOC2)C1. The van der Waals surface area contributed by atoms with Crippen molar-refractivity contribution < 1.29 is 13.2 Å². The molecule has 29 heavy (non-hydrogen) atoms. The summed E-state index contributed by atoms with van der Waals surface area (Å²) in [7, 11) is -3.37. The molecule has 8 heteroatoms. The van der Waals surface area contributed by atoms with Crippen LogP contribution in [-0.2, 0) is 27.1 Å². The molecular formula is C21H34N4O3S. The van der Waals surface area contributed by atoms with Crippen LogP contribution in [0, 0.1) is 5.41 Å². The van der Waals surface area contributed by atoms with Gasteiger partial charge in [0.2, 0.25) is 10.0 Å². The van der Waals surface area contributed by atoms with Crippen LogP contribution in [-0.4, -0.2) is 58.2 Å². The summed E-state index contributed by atoms with van der Waals surface area (Å²) in [5.74, 6) is 0.867. The minimum Gasteiger partial charge on any atom is -0.381 e. The number of likely N-dealkylation sites (tertiary alicyclic amines) is 1. The molecule has 162 valence electrons. The average molecular weight is 423 g/mol. The van der Waals surface area contributed by atoms with Crippen molar-refractivity contribution in [3.8, 4) is 0 Å². The monoisotopic (exact) mass is 422 g/mol. The number of benzene rings is 1. The first-order chi connectivity index (χ1) is 13.8. The van der Waals surface area contributed by atoms with E-state index in [2.05, 4.69) is 21.9 Å². The quantitative estimate of drug-likeness (QED) is 0.519. The second-order valence-electron chi connectivity index (χ2n) is 8.44. The van der Waals surface area contributed by atoms with Gasteiger partial charge in [0.15, 0.2) is 5.96 Å². The fraction of sp³-hybridized carbons (Fsp3) is 0.667. The molecule has 2 N–H and O–H groups in total. The summed E-state index contributed by atoms with van der Waals surface area (Å²) >= 11 is 0. The standard InChI is InChI=1S/C21H34N4O3S/c1-4-22-20(25-11-9-21(15-25)10-12-28-16-21)23-13-18-7-5-6-8-19(18)14-29(26,27)24-17(2)3/h5-8,17,24H,4,9-16H2,1-3H3,(H,22,23). The summed E-state index contributed by atoms with van der Waals surface area (Å²) in [4.78, 5) is 7.16. The van der Waals surface area contributed by atoms with Crippen molar-refractivity contribution in [2.24, 2.45) is 10.4 Å². The Hall–Kier alpha value is -1.64. The number of ether oxygens (including phenoxy) is 1. The highest BCUT2D eigenvalue weighted by Gasteiger charge is 2.42. The number of rotatable bonds is 7. The Bertz CT molecular complexity index is 817. The fourth-order valence-corrected chi connectivity index (χ4v) is 5.62. The van der Waals surface area contributed by atoms with Crippen LogP contribution in [0.4, 0.5) is 0 Å². The molecule has 7 nitrogen and oxygen atoms in total. The Balaban J connectivity index is 1.73. The molecule has 2 aliphatic heterocycles. The predicted molar refractivity (Wildman–Crippen MR) is 116 cm³/mol. The number of guanidine groups is 1. The van der Waals surface area contributed by atoms with Gasteiger partial charge in [0.25, 0.3) is 0 Å². The van der Waals surface area contributed by atoms with Crippen LogP contribution in [0.15, 0.2) is 29.3 Å². The van der Waals surface area contributed by atoms with Crippen molar-refractivity contribution in [2.75, 3.05) is 32.8 Å². The van der Waals surface area contributed by atoms with Gasteiger partial charge in [-0.2, -0.15) is 0 Å². The van der Waals surface area contributed by atoms with Crippen LogP contribution < -0.4 is 10.0 Å². The van der Waals surface area contributed by atoms with E-state index in [-0.39, 0.29) is 17.2 Å². The Labute approximate surface area is 175 Å². The Morgan fingerprint density at radius 3 is 2.69 bits per heavy atom. The number of aliphatic imine (C=N–C) groups is 1. The first-order valence-electron chi connectivity index (χ1n) is 10.5. The third-order valence-electron chi connectivity index (χ3n) is 5.54. The molecular weight excluding hydrogens is 388 g/mol. The summed E-state index contributed by atoms with van der Waals surface area (Å²) < 4.78 is 33.0. The van der Waals surface area contributed by atoms with Gasteiger partial charge in [-0.1, -0.05) is 24.3 Å². The zero-order valence-corrected chi connectivity index (χ0v) is 18.6. The molecule has 2 saturated heterocycles. The fourth-order valence-electron chi connectivity index (χ4n) is 4.13. The van der Waals surface area contributed by atoms with Crippen LogP contribution >= 0.6 is 0 Å². The predicted octanol–water partition coefficient (Wildman–Crippen LogP) is 2.09. The molecule has 1 aromatic carbocycles. The minimum absolute atomic E-state index is 0.0302. The second-order valence-corrected chi connectivity index (χ2v) is 10.2. The van der Waals surface area contributed by atoms with Crippen LogP contribution in [0.3, 0.4) is 0 Å². The number of nitrogens with one attached hydrogen (secondary N) is 2. The van der Waals surface area contributed by atoms with Crippen molar-refractivity contribution in [1.82, 2.24) is 14.9 Å². The van der Waals surface area contributed by atoms with E-state index >= 15 is 0 Å². The summed E-state index contributed by atoms with van der Waals surface area (Å²) in [6, 6.07) is 7.53. The van der Waals surface area contributed by atoms with E-state index in [0.29, 0.717) is 6.54 Å². The smallest absolute Gasteiger partial charge is 0.216 e. The van der Waals surface area contributed by atoms with E-state index in [1.165, 1.54) is 0 Å². The van der Waals surface area contributed by atoms with E-state index in [1.54, 1.807) is 0 Å². The van der Waals surface area contributed by atoms with Gasteiger partial charge < -0.3 is 15.0 Å². The number of hydrogen-bond donors (Lipinski definition) is 2. The second kappa shape index (κ2) is 9.45. The third-order valence-corrected chi connectivity index (χ3v) is 7.06. The maximum atomic E-state index is 12.4. The molecule has 2 aliphatic rings. The van der Waals surface area contributed by atoms with Gasteiger partial charge in [0.1, 0.15) is 0 Å². The van der Waals surface area contributed by atoms with Gasteiger partial charge in [-0.15, -0.1) is 0 Å². The van der Waals surface area contributed by atoms with Crippen molar-refractivity contribution >= 4 is 16.0 Å². The number of nitrogens with zero attached hydrogens (tertiary/aromatic N) is 2.